The van der Waals surface area contributed by atoms with Crippen LogP contribution in [0, 0.1) is 12.8 Å². The molecule has 1 fully saturated rings. The molecule has 1 aromatic rings. The summed E-state index contributed by atoms with van der Waals surface area (Å²) in [6.45, 7) is 2.27. The standard InChI is InChI=1S/C11H16F3N5/c1-7-5-16-10(18-15)17-9(7)19-4-2-3-8(6-19)11(12,13)14/h5,8H,2-4,6,15H2,1H3,(H,16,17,18). The molecule has 0 amide bonds. The predicted octanol–water partition coefficient (Wildman–Crippen LogP) is 1.85. The van der Waals surface area contributed by atoms with Gasteiger partial charge in [0.25, 0.3) is 0 Å². The number of aryl methyl sites for hydroxylation is 1. The van der Waals surface area contributed by atoms with Crippen molar-refractivity contribution in [3.8, 4) is 0 Å². The van der Waals surface area contributed by atoms with Crippen molar-refractivity contribution >= 4 is 11.8 Å². The Bertz CT molecular complexity index is 448. The number of hydrogen-bond acceptors (Lipinski definition) is 5. The molecule has 2 rings (SSSR count). The fourth-order valence-electron chi connectivity index (χ4n) is 2.26. The van der Waals surface area contributed by atoms with E-state index >= 15 is 0 Å². The summed E-state index contributed by atoms with van der Waals surface area (Å²) in [5.41, 5.74) is 3.04. The number of halogens is 3. The Hall–Kier alpha value is -1.57. The molecule has 2 heterocycles. The molecule has 1 aliphatic rings. The van der Waals surface area contributed by atoms with Gasteiger partial charge in [-0.3, -0.25) is 5.43 Å². The summed E-state index contributed by atoms with van der Waals surface area (Å²) in [6.07, 6.45) is -1.94. The fourth-order valence-corrected chi connectivity index (χ4v) is 2.26. The second kappa shape index (κ2) is 5.20. The van der Waals surface area contributed by atoms with Gasteiger partial charge in [0.05, 0.1) is 5.92 Å². The zero-order valence-corrected chi connectivity index (χ0v) is 10.5. The van der Waals surface area contributed by atoms with Crippen molar-refractivity contribution < 1.29 is 13.2 Å². The number of piperidine rings is 1. The highest BCUT2D eigenvalue weighted by Crippen LogP contribution is 2.35. The summed E-state index contributed by atoms with van der Waals surface area (Å²) in [5.74, 6) is 4.63. The third-order valence-electron chi connectivity index (χ3n) is 3.26. The number of hydrogen-bond donors (Lipinski definition) is 2. The fraction of sp³-hybridized carbons (Fsp3) is 0.636. The van der Waals surface area contributed by atoms with Gasteiger partial charge < -0.3 is 4.90 Å². The van der Waals surface area contributed by atoms with Gasteiger partial charge in [0, 0.05) is 24.8 Å². The summed E-state index contributed by atoms with van der Waals surface area (Å²) in [6, 6.07) is 0. The second-order valence-electron chi connectivity index (χ2n) is 4.67. The Morgan fingerprint density at radius 2 is 2.21 bits per heavy atom. The first kappa shape index (κ1) is 13.9. The smallest absolute Gasteiger partial charge is 0.356 e. The third kappa shape index (κ3) is 3.06. The highest BCUT2D eigenvalue weighted by molar-refractivity contribution is 5.49. The summed E-state index contributed by atoms with van der Waals surface area (Å²) < 4.78 is 38.4. The lowest BCUT2D eigenvalue weighted by atomic mass is 9.97. The Labute approximate surface area is 109 Å². The highest BCUT2D eigenvalue weighted by atomic mass is 19.4. The number of nitrogens with zero attached hydrogens (tertiary/aromatic N) is 3. The van der Waals surface area contributed by atoms with Gasteiger partial charge >= 0.3 is 6.18 Å². The Morgan fingerprint density at radius 3 is 2.84 bits per heavy atom. The SMILES string of the molecule is Cc1cnc(NN)nc1N1CCCC(C(F)(F)F)C1. The molecule has 0 radical (unpaired) electrons. The Balaban J connectivity index is 2.21. The minimum Gasteiger partial charge on any atom is -0.356 e. The molecule has 3 N–H and O–H groups in total. The van der Waals surface area contributed by atoms with Crippen molar-refractivity contribution in [2.45, 2.75) is 25.9 Å². The Morgan fingerprint density at radius 1 is 1.47 bits per heavy atom. The van der Waals surface area contributed by atoms with Crippen LogP contribution < -0.4 is 16.2 Å². The number of rotatable bonds is 2. The Kier molecular flexibility index (Phi) is 3.79. The molecule has 106 valence electrons. The van der Waals surface area contributed by atoms with Gasteiger partial charge in [-0.1, -0.05) is 0 Å². The van der Waals surface area contributed by atoms with Crippen molar-refractivity contribution in [1.29, 1.82) is 0 Å². The molecule has 0 aromatic carbocycles. The van der Waals surface area contributed by atoms with Gasteiger partial charge in [-0.2, -0.15) is 18.2 Å². The predicted molar refractivity (Wildman–Crippen MR) is 65.6 cm³/mol. The number of nitrogens with one attached hydrogen (secondary N) is 1. The van der Waals surface area contributed by atoms with Crippen LogP contribution in [0.15, 0.2) is 6.20 Å². The average molecular weight is 275 g/mol. The van der Waals surface area contributed by atoms with Gasteiger partial charge in [-0.05, 0) is 19.8 Å². The third-order valence-corrected chi connectivity index (χ3v) is 3.26. The van der Waals surface area contributed by atoms with E-state index in [0.717, 1.165) is 5.56 Å². The lowest BCUT2D eigenvalue weighted by Gasteiger charge is -2.35. The molecule has 1 saturated heterocycles. The molecule has 1 unspecified atom stereocenters. The molecule has 5 nitrogen and oxygen atoms in total. The minimum absolute atomic E-state index is 0.0641. The lowest BCUT2D eigenvalue weighted by molar-refractivity contribution is -0.176. The lowest BCUT2D eigenvalue weighted by Crippen LogP contribution is -2.42. The maximum atomic E-state index is 12.8. The quantitative estimate of drug-likeness (QED) is 0.637. The normalized spacial score (nSPS) is 20.5. The molecule has 0 bridgehead atoms. The molecule has 1 atom stereocenters. The van der Waals surface area contributed by atoms with E-state index in [9.17, 15) is 13.2 Å². The van der Waals surface area contributed by atoms with E-state index in [2.05, 4.69) is 15.4 Å². The molecule has 0 saturated carbocycles. The first-order valence-electron chi connectivity index (χ1n) is 6.03. The summed E-state index contributed by atoms with van der Waals surface area (Å²) in [4.78, 5) is 9.72. The van der Waals surface area contributed by atoms with Crippen LogP contribution in [-0.4, -0.2) is 29.2 Å². The van der Waals surface area contributed by atoms with Crippen molar-refractivity contribution in [2.24, 2.45) is 11.8 Å². The van der Waals surface area contributed by atoms with E-state index < -0.39 is 12.1 Å². The first-order chi connectivity index (χ1) is 8.91. The van der Waals surface area contributed by atoms with Crippen molar-refractivity contribution in [2.75, 3.05) is 23.4 Å². The van der Waals surface area contributed by atoms with Gasteiger partial charge in [0.15, 0.2) is 0 Å². The molecule has 1 aromatic heterocycles. The molecule has 0 spiro atoms. The summed E-state index contributed by atoms with van der Waals surface area (Å²) >= 11 is 0. The maximum absolute atomic E-state index is 12.8. The van der Waals surface area contributed by atoms with Crippen molar-refractivity contribution in [3.05, 3.63) is 11.8 Å². The van der Waals surface area contributed by atoms with E-state index in [1.807, 2.05) is 0 Å². The van der Waals surface area contributed by atoms with Crippen LogP contribution in [-0.2, 0) is 0 Å². The molecular formula is C11H16F3N5. The average Bonchev–Trinajstić information content (AvgIpc) is 2.38. The van der Waals surface area contributed by atoms with E-state index in [1.54, 1.807) is 18.0 Å². The van der Waals surface area contributed by atoms with Crippen LogP contribution in [0.5, 0.6) is 0 Å². The van der Waals surface area contributed by atoms with Crippen LogP contribution >= 0.6 is 0 Å². The maximum Gasteiger partial charge on any atom is 0.393 e. The van der Waals surface area contributed by atoms with Crippen LogP contribution in [0.4, 0.5) is 24.9 Å². The van der Waals surface area contributed by atoms with E-state index in [0.29, 0.717) is 18.8 Å². The van der Waals surface area contributed by atoms with Crippen LogP contribution in [0.25, 0.3) is 0 Å². The first-order valence-corrected chi connectivity index (χ1v) is 6.03. The van der Waals surface area contributed by atoms with E-state index in [1.165, 1.54) is 0 Å². The monoisotopic (exact) mass is 275 g/mol. The van der Waals surface area contributed by atoms with Gasteiger partial charge in [-0.15, -0.1) is 0 Å². The van der Waals surface area contributed by atoms with E-state index in [-0.39, 0.29) is 18.9 Å². The molecule has 0 aliphatic carbocycles. The van der Waals surface area contributed by atoms with Crippen molar-refractivity contribution in [3.63, 3.8) is 0 Å². The number of nitrogen functional groups attached to an aromatic ring is 1. The van der Waals surface area contributed by atoms with Gasteiger partial charge in [0.2, 0.25) is 5.95 Å². The minimum atomic E-state index is -4.16. The number of anilines is 2. The largest absolute Gasteiger partial charge is 0.393 e. The number of hydrazine groups is 1. The zero-order chi connectivity index (χ0) is 14.0. The number of alkyl halides is 3. The van der Waals surface area contributed by atoms with Crippen LogP contribution in [0.1, 0.15) is 18.4 Å². The number of aromatic nitrogens is 2. The summed E-state index contributed by atoms with van der Waals surface area (Å²) in [7, 11) is 0. The molecular weight excluding hydrogens is 259 g/mol. The summed E-state index contributed by atoms with van der Waals surface area (Å²) in [5, 5.41) is 0. The molecule has 8 heteroatoms. The van der Waals surface area contributed by atoms with Crippen LogP contribution in [0.2, 0.25) is 0 Å². The van der Waals surface area contributed by atoms with Crippen LogP contribution in [0.3, 0.4) is 0 Å². The highest BCUT2D eigenvalue weighted by Gasteiger charge is 2.42. The molecule has 19 heavy (non-hydrogen) atoms. The topological polar surface area (TPSA) is 67.1 Å². The van der Waals surface area contributed by atoms with Gasteiger partial charge in [-0.25, -0.2) is 10.8 Å². The number of nitrogens with two attached hydrogens (primary N) is 1. The van der Waals surface area contributed by atoms with Crippen molar-refractivity contribution in [1.82, 2.24) is 9.97 Å². The second-order valence-corrected chi connectivity index (χ2v) is 4.67. The zero-order valence-electron chi connectivity index (χ0n) is 10.5. The van der Waals surface area contributed by atoms with Gasteiger partial charge in [0.1, 0.15) is 5.82 Å². The molecule has 1 aliphatic heterocycles. The van der Waals surface area contributed by atoms with E-state index in [4.69, 9.17) is 5.84 Å².